The number of halogens is 3. The van der Waals surface area contributed by atoms with E-state index in [9.17, 15) is 13.2 Å². The van der Waals surface area contributed by atoms with Crippen molar-refractivity contribution in [2.24, 2.45) is 0 Å². The van der Waals surface area contributed by atoms with Crippen molar-refractivity contribution in [3.63, 3.8) is 0 Å². The fourth-order valence-corrected chi connectivity index (χ4v) is 3.85. The predicted octanol–water partition coefficient (Wildman–Crippen LogP) is 5.76. The van der Waals surface area contributed by atoms with E-state index >= 15 is 0 Å². The van der Waals surface area contributed by atoms with E-state index < -0.39 is 11.7 Å². The second-order valence-electron chi connectivity index (χ2n) is 7.64. The maximum atomic E-state index is 12.9. The highest BCUT2D eigenvalue weighted by molar-refractivity contribution is 5.79. The fourth-order valence-electron chi connectivity index (χ4n) is 3.85. The lowest BCUT2D eigenvalue weighted by Crippen LogP contribution is -2.03. The Balaban J connectivity index is 1.60. The molecule has 184 valence electrons. The average Bonchev–Trinajstić information content (AvgIpc) is 3.52. The first-order valence-corrected chi connectivity index (χ1v) is 10.6. The minimum absolute atomic E-state index is 0.0742. The maximum Gasteiger partial charge on any atom is 0.416 e. The molecule has 0 N–H and O–H groups in total. The molecule has 0 saturated heterocycles. The van der Waals surface area contributed by atoms with Crippen LogP contribution in [0.2, 0.25) is 0 Å². The summed E-state index contributed by atoms with van der Waals surface area (Å²) in [7, 11) is 4.57. The molecule has 0 spiro atoms. The molecule has 0 atom stereocenters. The molecule has 5 aromatic rings. The standard InChI is InChI=1S/C25H19F3N4O4/c1-33-18-12-15(13-19(34-2)21(18)35-3)22-29-20(17-6-4-5-11-32(17)22)24-31-30-23(36-24)14-7-9-16(10-8-14)25(26,27)28/h4-13H,1-3H3. The number of ether oxygens (including phenoxy) is 3. The van der Waals surface area contributed by atoms with E-state index in [-0.39, 0.29) is 11.8 Å². The number of alkyl halides is 3. The van der Waals surface area contributed by atoms with E-state index in [0.29, 0.717) is 45.4 Å². The first-order valence-electron chi connectivity index (χ1n) is 10.6. The Labute approximate surface area is 202 Å². The first-order chi connectivity index (χ1) is 17.3. The quantitative estimate of drug-likeness (QED) is 0.295. The molecule has 0 bridgehead atoms. The van der Waals surface area contributed by atoms with Crippen LogP contribution in [0.4, 0.5) is 13.2 Å². The fraction of sp³-hybridized carbons (Fsp3) is 0.160. The van der Waals surface area contributed by atoms with Crippen molar-refractivity contribution in [1.82, 2.24) is 19.6 Å². The van der Waals surface area contributed by atoms with E-state index in [0.717, 1.165) is 12.1 Å². The van der Waals surface area contributed by atoms with Gasteiger partial charge in [-0.15, -0.1) is 10.2 Å². The van der Waals surface area contributed by atoms with Gasteiger partial charge in [0.15, 0.2) is 17.2 Å². The van der Waals surface area contributed by atoms with Gasteiger partial charge in [0.1, 0.15) is 5.82 Å². The van der Waals surface area contributed by atoms with Gasteiger partial charge >= 0.3 is 6.18 Å². The van der Waals surface area contributed by atoms with Gasteiger partial charge < -0.3 is 18.6 Å². The molecule has 5 rings (SSSR count). The van der Waals surface area contributed by atoms with E-state index in [2.05, 4.69) is 10.2 Å². The van der Waals surface area contributed by atoms with Crippen molar-refractivity contribution in [3.8, 4) is 51.7 Å². The molecule has 0 unspecified atom stereocenters. The molecule has 0 aliphatic carbocycles. The van der Waals surface area contributed by atoms with Crippen molar-refractivity contribution in [3.05, 3.63) is 66.4 Å². The number of aromatic nitrogens is 4. The van der Waals surface area contributed by atoms with Crippen LogP contribution in [0.25, 0.3) is 39.9 Å². The summed E-state index contributed by atoms with van der Waals surface area (Å²) in [6.45, 7) is 0. The molecule has 0 amide bonds. The van der Waals surface area contributed by atoms with Crippen LogP contribution in [-0.2, 0) is 6.18 Å². The van der Waals surface area contributed by atoms with Crippen molar-refractivity contribution >= 4 is 5.52 Å². The third-order valence-electron chi connectivity index (χ3n) is 5.56. The molecule has 36 heavy (non-hydrogen) atoms. The summed E-state index contributed by atoms with van der Waals surface area (Å²) in [6.07, 6.45) is -2.60. The molecule has 0 saturated carbocycles. The monoisotopic (exact) mass is 496 g/mol. The van der Waals surface area contributed by atoms with Crippen LogP contribution in [0.3, 0.4) is 0 Å². The van der Waals surface area contributed by atoms with Gasteiger partial charge in [-0.3, -0.25) is 4.40 Å². The van der Waals surface area contributed by atoms with Gasteiger partial charge in [0.2, 0.25) is 11.6 Å². The number of pyridine rings is 1. The molecule has 8 nitrogen and oxygen atoms in total. The Hall–Kier alpha value is -4.54. The zero-order valence-corrected chi connectivity index (χ0v) is 19.3. The summed E-state index contributed by atoms with van der Waals surface area (Å²) in [6, 6.07) is 13.6. The normalized spacial score (nSPS) is 11.6. The number of methoxy groups -OCH3 is 3. The molecule has 0 fully saturated rings. The van der Waals surface area contributed by atoms with Crippen LogP contribution >= 0.6 is 0 Å². The third kappa shape index (κ3) is 3.98. The summed E-state index contributed by atoms with van der Waals surface area (Å²) in [5.74, 6) is 2.11. The molecule has 0 aliphatic heterocycles. The molecular weight excluding hydrogens is 477 g/mol. The number of fused-ring (bicyclic) bond motifs is 1. The van der Waals surface area contributed by atoms with Crippen molar-refractivity contribution < 1.29 is 31.8 Å². The summed E-state index contributed by atoms with van der Waals surface area (Å²) in [5.41, 5.74) is 1.37. The summed E-state index contributed by atoms with van der Waals surface area (Å²) in [5, 5.41) is 8.12. The van der Waals surface area contributed by atoms with Gasteiger partial charge in [-0.05, 0) is 48.5 Å². The first kappa shape index (κ1) is 23.2. The van der Waals surface area contributed by atoms with Gasteiger partial charge in [0, 0.05) is 17.3 Å². The van der Waals surface area contributed by atoms with Gasteiger partial charge in [-0.1, -0.05) is 6.07 Å². The number of nitrogens with zero attached hydrogens (tertiary/aromatic N) is 4. The second kappa shape index (κ2) is 8.91. The lowest BCUT2D eigenvalue weighted by Gasteiger charge is -2.13. The van der Waals surface area contributed by atoms with Gasteiger partial charge in [0.25, 0.3) is 5.89 Å². The van der Waals surface area contributed by atoms with E-state index in [4.69, 9.17) is 23.6 Å². The van der Waals surface area contributed by atoms with E-state index in [1.54, 1.807) is 12.1 Å². The molecule has 2 aromatic carbocycles. The smallest absolute Gasteiger partial charge is 0.416 e. The zero-order chi connectivity index (χ0) is 25.4. The third-order valence-corrected chi connectivity index (χ3v) is 5.56. The summed E-state index contributed by atoms with van der Waals surface area (Å²) in [4.78, 5) is 4.76. The van der Waals surface area contributed by atoms with Crippen LogP contribution in [0.15, 0.2) is 65.2 Å². The van der Waals surface area contributed by atoms with Gasteiger partial charge in [0.05, 0.1) is 32.4 Å². The highest BCUT2D eigenvalue weighted by Crippen LogP contribution is 2.42. The topological polar surface area (TPSA) is 83.9 Å². The van der Waals surface area contributed by atoms with Crippen LogP contribution in [-0.4, -0.2) is 40.9 Å². The summed E-state index contributed by atoms with van der Waals surface area (Å²) >= 11 is 0. The van der Waals surface area contributed by atoms with E-state index in [1.165, 1.54) is 33.5 Å². The van der Waals surface area contributed by atoms with Crippen LogP contribution in [0, 0.1) is 0 Å². The largest absolute Gasteiger partial charge is 0.493 e. The molecule has 3 aromatic heterocycles. The van der Waals surface area contributed by atoms with Crippen molar-refractivity contribution in [2.45, 2.75) is 6.18 Å². The van der Waals surface area contributed by atoms with Crippen LogP contribution in [0.5, 0.6) is 17.2 Å². The van der Waals surface area contributed by atoms with Gasteiger partial charge in [-0.2, -0.15) is 13.2 Å². The Bertz CT molecular complexity index is 1520. The maximum absolute atomic E-state index is 12.9. The lowest BCUT2D eigenvalue weighted by atomic mass is 10.1. The van der Waals surface area contributed by atoms with Crippen molar-refractivity contribution in [2.75, 3.05) is 21.3 Å². The molecule has 0 aliphatic rings. The Kier molecular flexibility index (Phi) is 5.75. The Morgan fingerprint density at radius 3 is 2.08 bits per heavy atom. The number of hydrogen-bond donors (Lipinski definition) is 0. The van der Waals surface area contributed by atoms with E-state index in [1.807, 2.05) is 28.8 Å². The molecule has 3 heterocycles. The second-order valence-corrected chi connectivity index (χ2v) is 7.64. The number of imidazole rings is 1. The summed E-state index contributed by atoms with van der Waals surface area (Å²) < 4.78 is 62.7. The lowest BCUT2D eigenvalue weighted by molar-refractivity contribution is -0.137. The highest BCUT2D eigenvalue weighted by Gasteiger charge is 2.30. The minimum atomic E-state index is -4.43. The van der Waals surface area contributed by atoms with Gasteiger partial charge in [-0.25, -0.2) is 4.98 Å². The van der Waals surface area contributed by atoms with Crippen LogP contribution < -0.4 is 14.2 Å². The van der Waals surface area contributed by atoms with Crippen molar-refractivity contribution in [1.29, 1.82) is 0 Å². The Morgan fingerprint density at radius 1 is 0.806 bits per heavy atom. The van der Waals surface area contributed by atoms with Crippen LogP contribution in [0.1, 0.15) is 5.56 Å². The molecule has 11 heteroatoms. The predicted molar refractivity (Wildman–Crippen MR) is 124 cm³/mol. The zero-order valence-electron chi connectivity index (χ0n) is 19.3. The highest BCUT2D eigenvalue weighted by atomic mass is 19.4. The number of hydrogen-bond acceptors (Lipinski definition) is 7. The minimum Gasteiger partial charge on any atom is -0.493 e. The number of rotatable bonds is 6. The molecular formula is C25H19F3N4O4. The Morgan fingerprint density at radius 2 is 1.47 bits per heavy atom. The molecule has 0 radical (unpaired) electrons. The average molecular weight is 496 g/mol. The number of benzene rings is 2. The SMILES string of the molecule is COc1cc(-c2nc(-c3nnc(-c4ccc(C(F)(F)F)cc4)o3)c3ccccn23)cc(OC)c1OC.